The first-order chi connectivity index (χ1) is 13.0. The predicted octanol–water partition coefficient (Wildman–Crippen LogP) is 0.676. The molecular formula is C18H21N3O6. The summed E-state index contributed by atoms with van der Waals surface area (Å²) in [5.41, 5.74) is 0.171. The van der Waals surface area contributed by atoms with Gasteiger partial charge in [-0.1, -0.05) is 12.1 Å². The molecule has 0 spiro atoms. The van der Waals surface area contributed by atoms with E-state index in [0.29, 0.717) is 30.4 Å². The fourth-order valence-corrected chi connectivity index (χ4v) is 3.01. The van der Waals surface area contributed by atoms with E-state index in [4.69, 9.17) is 9.47 Å². The van der Waals surface area contributed by atoms with Gasteiger partial charge in [0.25, 0.3) is 0 Å². The molecule has 1 atom stereocenters. The van der Waals surface area contributed by atoms with Gasteiger partial charge in [-0.2, -0.15) is 0 Å². The lowest BCUT2D eigenvalue weighted by molar-refractivity contribution is -0.140. The van der Waals surface area contributed by atoms with Crippen LogP contribution in [0.4, 0.5) is 10.5 Å². The number of nitrogens with zero attached hydrogens (tertiary/aromatic N) is 2. The third kappa shape index (κ3) is 3.92. The molecule has 2 aliphatic rings. The van der Waals surface area contributed by atoms with Gasteiger partial charge in [0.15, 0.2) is 0 Å². The number of hydrogen-bond acceptors (Lipinski definition) is 6. The van der Waals surface area contributed by atoms with Gasteiger partial charge >= 0.3 is 17.8 Å². The molecule has 0 radical (unpaired) electrons. The van der Waals surface area contributed by atoms with Gasteiger partial charge in [0.05, 0.1) is 18.4 Å². The van der Waals surface area contributed by atoms with Crippen molar-refractivity contribution >= 4 is 29.4 Å². The molecule has 1 aromatic rings. The zero-order valence-corrected chi connectivity index (χ0v) is 15.0. The number of rotatable bonds is 7. The van der Waals surface area contributed by atoms with Crippen LogP contribution in [0.3, 0.4) is 0 Å². The van der Waals surface area contributed by atoms with Crippen molar-refractivity contribution in [3.63, 3.8) is 0 Å². The lowest BCUT2D eigenvalue weighted by Gasteiger charge is -2.18. The highest BCUT2D eigenvalue weighted by Crippen LogP contribution is 2.31. The lowest BCUT2D eigenvalue weighted by Crippen LogP contribution is -2.43. The van der Waals surface area contributed by atoms with Gasteiger partial charge in [-0.3, -0.25) is 14.4 Å². The van der Waals surface area contributed by atoms with Gasteiger partial charge in [0, 0.05) is 13.2 Å². The van der Waals surface area contributed by atoms with E-state index < -0.39 is 30.3 Å². The fraction of sp³-hybridized carbons (Fsp3) is 0.444. The van der Waals surface area contributed by atoms with Crippen LogP contribution in [0.1, 0.15) is 19.8 Å². The smallest absolute Gasteiger partial charge is 0.339 e. The third-order valence-electron chi connectivity index (χ3n) is 4.31. The monoisotopic (exact) mass is 375 g/mol. The van der Waals surface area contributed by atoms with Crippen molar-refractivity contribution in [3.8, 4) is 5.75 Å². The number of hydrogen-bond donors (Lipinski definition) is 1. The molecule has 0 aromatic heterocycles. The summed E-state index contributed by atoms with van der Waals surface area (Å²) >= 11 is 0. The van der Waals surface area contributed by atoms with E-state index in [1.807, 2.05) is 0 Å². The molecule has 1 N–H and O–H groups in total. The van der Waals surface area contributed by atoms with Crippen molar-refractivity contribution in [2.45, 2.75) is 25.9 Å². The molecule has 0 saturated carbocycles. The molecule has 1 unspecified atom stereocenters. The number of carbonyl (C=O) groups excluding carboxylic acids is 4. The van der Waals surface area contributed by atoms with Crippen LogP contribution in [0, 0.1) is 0 Å². The Morgan fingerprint density at radius 3 is 2.74 bits per heavy atom. The molecule has 27 heavy (non-hydrogen) atoms. The Labute approximate surface area is 156 Å². The molecule has 2 saturated heterocycles. The number of benzene rings is 1. The van der Waals surface area contributed by atoms with Gasteiger partial charge in [0.2, 0.25) is 5.91 Å². The van der Waals surface area contributed by atoms with Crippen LogP contribution in [0.5, 0.6) is 5.75 Å². The maximum atomic E-state index is 12.6. The molecule has 3 rings (SSSR count). The third-order valence-corrected chi connectivity index (χ3v) is 4.31. The number of urea groups is 1. The summed E-state index contributed by atoms with van der Waals surface area (Å²) in [7, 11) is 0. The van der Waals surface area contributed by atoms with Gasteiger partial charge in [-0.15, -0.1) is 0 Å². The summed E-state index contributed by atoms with van der Waals surface area (Å²) < 4.78 is 10.8. The molecule has 2 fully saturated rings. The van der Waals surface area contributed by atoms with Crippen molar-refractivity contribution < 1.29 is 28.7 Å². The number of ether oxygens (including phenoxy) is 2. The normalized spacial score (nSPS) is 19.7. The molecule has 1 aromatic carbocycles. The van der Waals surface area contributed by atoms with Crippen LogP contribution in [-0.2, 0) is 19.1 Å². The number of anilines is 1. The Hall–Kier alpha value is -2.94. The molecule has 9 heteroatoms. The minimum atomic E-state index is -1.04. The van der Waals surface area contributed by atoms with E-state index in [2.05, 4.69) is 5.32 Å². The molecule has 0 bridgehead atoms. The zero-order valence-electron chi connectivity index (χ0n) is 15.0. The maximum absolute atomic E-state index is 12.6. The number of carbonyl (C=O) groups is 4. The van der Waals surface area contributed by atoms with Gasteiger partial charge in [-0.05, 0) is 31.9 Å². The quantitative estimate of drug-likeness (QED) is 0.555. The second-order valence-corrected chi connectivity index (χ2v) is 6.15. The Balaban J connectivity index is 1.69. The Morgan fingerprint density at radius 2 is 2.04 bits per heavy atom. The van der Waals surface area contributed by atoms with Crippen molar-refractivity contribution in [3.05, 3.63) is 24.3 Å². The van der Waals surface area contributed by atoms with E-state index >= 15 is 0 Å². The summed E-state index contributed by atoms with van der Waals surface area (Å²) in [6, 6.07) is 5.55. The largest absolute Gasteiger partial charge is 0.492 e. The summed E-state index contributed by atoms with van der Waals surface area (Å²) in [5, 5.41) is 2.63. The average molecular weight is 375 g/mol. The second kappa shape index (κ2) is 8.17. The van der Waals surface area contributed by atoms with Crippen molar-refractivity contribution in [2.75, 3.05) is 31.2 Å². The van der Waals surface area contributed by atoms with E-state index in [9.17, 15) is 19.2 Å². The average Bonchev–Trinajstić information content (AvgIpc) is 3.25. The van der Waals surface area contributed by atoms with E-state index in [1.165, 1.54) is 6.07 Å². The Kier molecular flexibility index (Phi) is 5.70. The van der Waals surface area contributed by atoms with Crippen LogP contribution < -0.4 is 15.0 Å². The van der Waals surface area contributed by atoms with E-state index in [1.54, 1.807) is 25.1 Å². The second-order valence-electron chi connectivity index (χ2n) is 6.15. The highest BCUT2D eigenvalue weighted by Gasteiger charge is 2.47. The van der Waals surface area contributed by atoms with Crippen molar-refractivity contribution in [2.24, 2.45) is 0 Å². The van der Waals surface area contributed by atoms with Crippen LogP contribution in [0.15, 0.2) is 24.3 Å². The van der Waals surface area contributed by atoms with Crippen LogP contribution in [-0.4, -0.2) is 61.1 Å². The number of nitrogens with one attached hydrogen (secondary N) is 1. The lowest BCUT2D eigenvalue weighted by atomic mass is 10.2. The highest BCUT2D eigenvalue weighted by molar-refractivity contribution is 6.53. The minimum Gasteiger partial charge on any atom is -0.492 e. The number of amides is 5. The van der Waals surface area contributed by atoms with E-state index in [-0.39, 0.29) is 11.8 Å². The van der Waals surface area contributed by atoms with Crippen LogP contribution in [0.25, 0.3) is 0 Å². The van der Waals surface area contributed by atoms with Crippen molar-refractivity contribution in [1.82, 2.24) is 10.2 Å². The molecule has 5 amide bonds. The minimum absolute atomic E-state index is 0.0601. The molecule has 0 aliphatic carbocycles. The van der Waals surface area contributed by atoms with Crippen LogP contribution >= 0.6 is 0 Å². The first kappa shape index (κ1) is 18.8. The fourth-order valence-electron chi connectivity index (χ4n) is 3.01. The maximum Gasteiger partial charge on any atom is 0.339 e. The molecule has 9 nitrogen and oxygen atoms in total. The molecule has 2 heterocycles. The summed E-state index contributed by atoms with van der Waals surface area (Å²) in [4.78, 5) is 50.7. The van der Waals surface area contributed by atoms with E-state index in [0.717, 1.165) is 17.7 Å². The summed E-state index contributed by atoms with van der Waals surface area (Å²) in [6.45, 7) is 2.53. The SMILES string of the molecule is CCOc1ccccc1N1C(=O)C(=O)N(CC(=O)NCC2CCCO2)C1=O. The van der Waals surface area contributed by atoms with Gasteiger partial charge in [-0.25, -0.2) is 14.6 Å². The predicted molar refractivity (Wildman–Crippen MR) is 94.2 cm³/mol. The molecular weight excluding hydrogens is 354 g/mol. The highest BCUT2D eigenvalue weighted by atomic mass is 16.5. The Bertz CT molecular complexity index is 759. The van der Waals surface area contributed by atoms with Gasteiger partial charge in [0.1, 0.15) is 12.3 Å². The Morgan fingerprint density at radius 1 is 1.26 bits per heavy atom. The topological polar surface area (TPSA) is 105 Å². The zero-order chi connectivity index (χ0) is 19.4. The first-order valence-electron chi connectivity index (χ1n) is 8.83. The standard InChI is InChI=1S/C18H21N3O6/c1-2-26-14-8-4-3-7-13(14)21-17(24)16(23)20(18(21)25)11-15(22)19-10-12-6-5-9-27-12/h3-4,7-8,12H,2,5-6,9-11H2,1H3,(H,19,22). The van der Waals surface area contributed by atoms with Crippen LogP contribution in [0.2, 0.25) is 0 Å². The number of para-hydroxylation sites is 2. The summed E-state index contributed by atoms with van der Waals surface area (Å²) in [5.74, 6) is -2.28. The molecule has 144 valence electrons. The summed E-state index contributed by atoms with van der Waals surface area (Å²) in [6.07, 6.45) is 1.73. The van der Waals surface area contributed by atoms with Crippen molar-refractivity contribution in [1.29, 1.82) is 0 Å². The number of imide groups is 2. The first-order valence-corrected chi connectivity index (χ1v) is 8.83. The van der Waals surface area contributed by atoms with Gasteiger partial charge < -0.3 is 14.8 Å². The molecule has 2 aliphatic heterocycles.